The number of hydrogen-bond acceptors (Lipinski definition) is 3. The van der Waals surface area contributed by atoms with Crippen LogP contribution in [0, 0.1) is 0 Å². The molecule has 0 saturated carbocycles. The number of ether oxygens (including phenoxy) is 1. The van der Waals surface area contributed by atoms with E-state index >= 15 is 0 Å². The Hall–Kier alpha value is -2.33. The maximum absolute atomic E-state index is 13.2. The van der Waals surface area contributed by atoms with Gasteiger partial charge in [0.05, 0.1) is 16.6 Å². The van der Waals surface area contributed by atoms with Gasteiger partial charge in [-0.2, -0.15) is 0 Å². The van der Waals surface area contributed by atoms with Crippen LogP contribution in [0.15, 0.2) is 47.4 Å². The first-order valence-corrected chi connectivity index (χ1v) is 9.02. The number of halogens is 1. The Bertz CT molecular complexity index is 979. The van der Waals surface area contributed by atoms with Gasteiger partial charge in [-0.25, -0.2) is 4.98 Å². The van der Waals surface area contributed by atoms with Gasteiger partial charge in [0.2, 0.25) is 0 Å². The van der Waals surface area contributed by atoms with E-state index in [9.17, 15) is 4.79 Å². The predicted molar refractivity (Wildman–Crippen MR) is 100.0 cm³/mol. The topological polar surface area (TPSA) is 44.1 Å². The normalized spacial score (nSPS) is 16.0. The van der Waals surface area contributed by atoms with Crippen LogP contribution in [0.5, 0.6) is 5.75 Å². The van der Waals surface area contributed by atoms with Gasteiger partial charge in [-0.05, 0) is 42.8 Å². The highest BCUT2D eigenvalue weighted by molar-refractivity contribution is 6.30. The standard InChI is InChI=1S/C20H19ClN2O2/c1-2-3-5-15-12-17-18(25-15)16-6-4-11-22-19(16)23(20(17)24)14-9-7-13(21)8-10-14/h4,6-11,15H,2-3,5,12H2,1H3. The summed E-state index contributed by atoms with van der Waals surface area (Å²) in [7, 11) is 0. The number of pyridine rings is 2. The molecule has 0 bridgehead atoms. The number of benzene rings is 1. The average molecular weight is 355 g/mol. The third-order valence-corrected chi connectivity index (χ3v) is 4.91. The molecule has 25 heavy (non-hydrogen) atoms. The maximum atomic E-state index is 13.2. The summed E-state index contributed by atoms with van der Waals surface area (Å²) in [5, 5.41) is 1.52. The molecule has 3 aromatic rings. The molecule has 0 fully saturated rings. The van der Waals surface area contributed by atoms with E-state index in [0.717, 1.165) is 35.9 Å². The van der Waals surface area contributed by atoms with E-state index in [2.05, 4.69) is 11.9 Å². The van der Waals surface area contributed by atoms with Crippen molar-refractivity contribution in [2.24, 2.45) is 0 Å². The molecule has 128 valence electrons. The lowest BCUT2D eigenvalue weighted by atomic mass is 10.1. The van der Waals surface area contributed by atoms with Crippen LogP contribution in [-0.4, -0.2) is 15.7 Å². The quantitative estimate of drug-likeness (QED) is 0.691. The summed E-state index contributed by atoms with van der Waals surface area (Å²) >= 11 is 6.00. The van der Waals surface area contributed by atoms with Crippen LogP contribution in [-0.2, 0) is 6.42 Å². The first-order chi connectivity index (χ1) is 12.2. The highest BCUT2D eigenvalue weighted by Gasteiger charge is 2.29. The molecule has 3 heterocycles. The molecule has 2 aromatic heterocycles. The molecule has 1 aliphatic rings. The molecule has 0 radical (unpaired) electrons. The van der Waals surface area contributed by atoms with Crippen LogP contribution < -0.4 is 10.3 Å². The zero-order valence-electron chi connectivity index (χ0n) is 14.0. The molecular weight excluding hydrogens is 336 g/mol. The van der Waals surface area contributed by atoms with Crippen molar-refractivity contribution in [3.05, 3.63) is 63.5 Å². The third kappa shape index (κ3) is 2.81. The first kappa shape index (κ1) is 16.2. The molecule has 4 rings (SSSR count). The van der Waals surface area contributed by atoms with E-state index in [1.54, 1.807) is 22.9 Å². The van der Waals surface area contributed by atoms with Gasteiger partial charge >= 0.3 is 0 Å². The second-order valence-electron chi connectivity index (χ2n) is 6.39. The van der Waals surface area contributed by atoms with Gasteiger partial charge < -0.3 is 4.74 Å². The van der Waals surface area contributed by atoms with Crippen LogP contribution >= 0.6 is 11.6 Å². The van der Waals surface area contributed by atoms with Gasteiger partial charge in [-0.3, -0.25) is 9.36 Å². The van der Waals surface area contributed by atoms with Crippen molar-refractivity contribution in [1.82, 2.24) is 9.55 Å². The number of rotatable bonds is 4. The van der Waals surface area contributed by atoms with Crippen LogP contribution in [0.4, 0.5) is 0 Å². The first-order valence-electron chi connectivity index (χ1n) is 8.64. The summed E-state index contributed by atoms with van der Waals surface area (Å²) < 4.78 is 7.80. The lowest BCUT2D eigenvalue weighted by molar-refractivity contribution is 0.219. The zero-order chi connectivity index (χ0) is 17.4. The van der Waals surface area contributed by atoms with Crippen molar-refractivity contribution in [2.75, 3.05) is 0 Å². The van der Waals surface area contributed by atoms with Gasteiger partial charge in [-0.15, -0.1) is 0 Å². The number of fused-ring (bicyclic) bond motifs is 3. The monoisotopic (exact) mass is 354 g/mol. The van der Waals surface area contributed by atoms with Gasteiger partial charge in [0.15, 0.2) is 5.65 Å². The van der Waals surface area contributed by atoms with Crippen molar-refractivity contribution in [1.29, 1.82) is 0 Å². The Morgan fingerprint density at radius 1 is 1.28 bits per heavy atom. The molecule has 0 amide bonds. The van der Waals surface area contributed by atoms with Crippen molar-refractivity contribution in [2.45, 2.75) is 38.7 Å². The molecule has 1 unspecified atom stereocenters. The van der Waals surface area contributed by atoms with Crippen LogP contribution in [0.1, 0.15) is 31.7 Å². The Morgan fingerprint density at radius 2 is 2.08 bits per heavy atom. The van der Waals surface area contributed by atoms with E-state index in [4.69, 9.17) is 16.3 Å². The summed E-state index contributed by atoms with van der Waals surface area (Å²) in [6.07, 6.45) is 5.62. The average Bonchev–Trinajstić information content (AvgIpc) is 3.06. The van der Waals surface area contributed by atoms with Crippen LogP contribution in [0.2, 0.25) is 5.02 Å². The zero-order valence-corrected chi connectivity index (χ0v) is 14.8. The number of unbranched alkanes of at least 4 members (excludes halogenated alkanes) is 1. The highest BCUT2D eigenvalue weighted by atomic mass is 35.5. The summed E-state index contributed by atoms with van der Waals surface area (Å²) in [5.41, 5.74) is 2.07. The van der Waals surface area contributed by atoms with Gasteiger partial charge in [0.1, 0.15) is 11.9 Å². The Morgan fingerprint density at radius 3 is 2.84 bits per heavy atom. The molecule has 4 nitrogen and oxygen atoms in total. The summed E-state index contributed by atoms with van der Waals surface area (Å²) in [4.78, 5) is 17.6. The fourth-order valence-corrected chi connectivity index (χ4v) is 3.54. The lowest BCUT2D eigenvalue weighted by Crippen LogP contribution is -2.23. The fraction of sp³-hybridized carbons (Fsp3) is 0.300. The minimum absolute atomic E-state index is 0.0532. The van der Waals surface area contributed by atoms with Crippen molar-refractivity contribution < 1.29 is 4.74 Å². The summed E-state index contributed by atoms with van der Waals surface area (Å²) in [6.45, 7) is 2.16. The SMILES string of the molecule is CCCCC1Cc2c(c3cccnc3n(-c3ccc(Cl)cc3)c2=O)O1. The molecule has 0 aliphatic carbocycles. The number of nitrogens with zero attached hydrogens (tertiary/aromatic N) is 2. The minimum Gasteiger partial charge on any atom is -0.489 e. The highest BCUT2D eigenvalue weighted by Crippen LogP contribution is 2.35. The largest absolute Gasteiger partial charge is 0.489 e. The van der Waals surface area contributed by atoms with E-state index in [1.165, 1.54) is 0 Å². The van der Waals surface area contributed by atoms with E-state index in [-0.39, 0.29) is 11.7 Å². The van der Waals surface area contributed by atoms with Crippen molar-refractivity contribution in [3.63, 3.8) is 0 Å². The molecular formula is C20H19ClN2O2. The Kier molecular flexibility index (Phi) is 4.22. The van der Waals surface area contributed by atoms with E-state index < -0.39 is 0 Å². The lowest BCUT2D eigenvalue weighted by Gasteiger charge is -2.13. The predicted octanol–water partition coefficient (Wildman–Crippen LogP) is 4.53. The molecule has 1 aromatic carbocycles. The number of aromatic nitrogens is 2. The van der Waals surface area contributed by atoms with Crippen molar-refractivity contribution >= 4 is 22.6 Å². The van der Waals surface area contributed by atoms with Crippen LogP contribution in [0.25, 0.3) is 16.7 Å². The van der Waals surface area contributed by atoms with Gasteiger partial charge in [0, 0.05) is 17.6 Å². The smallest absolute Gasteiger partial charge is 0.263 e. The molecule has 1 atom stereocenters. The summed E-state index contributed by atoms with van der Waals surface area (Å²) in [5.74, 6) is 0.708. The number of hydrogen-bond donors (Lipinski definition) is 0. The van der Waals surface area contributed by atoms with Gasteiger partial charge in [0.25, 0.3) is 5.56 Å². The van der Waals surface area contributed by atoms with Crippen LogP contribution in [0.3, 0.4) is 0 Å². The van der Waals surface area contributed by atoms with E-state index in [1.807, 2.05) is 24.3 Å². The van der Waals surface area contributed by atoms with E-state index in [0.29, 0.717) is 22.8 Å². The third-order valence-electron chi connectivity index (χ3n) is 4.66. The molecule has 0 N–H and O–H groups in total. The molecule has 5 heteroatoms. The summed E-state index contributed by atoms with van der Waals surface area (Å²) in [6, 6.07) is 11.1. The van der Waals surface area contributed by atoms with Crippen molar-refractivity contribution in [3.8, 4) is 11.4 Å². The maximum Gasteiger partial charge on any atom is 0.263 e. The molecule has 0 spiro atoms. The molecule has 1 aliphatic heterocycles. The van der Waals surface area contributed by atoms with Gasteiger partial charge in [-0.1, -0.05) is 31.4 Å². The second-order valence-corrected chi connectivity index (χ2v) is 6.82. The second kappa shape index (κ2) is 6.52. The minimum atomic E-state index is -0.0532. The Balaban J connectivity index is 1.92. The Labute approximate surface area is 151 Å². The molecule has 0 saturated heterocycles. The fourth-order valence-electron chi connectivity index (χ4n) is 3.42.